The first-order valence-electron chi connectivity index (χ1n) is 12.1. The van der Waals surface area contributed by atoms with E-state index in [4.69, 9.17) is 0 Å². The quantitative estimate of drug-likeness (QED) is 0.300. The molecule has 11 heteroatoms. The molecular weight excluding hydrogens is 509 g/mol. The van der Waals surface area contributed by atoms with Crippen LogP contribution in [-0.2, 0) is 11.0 Å². The number of carbonyl (C=O) groups is 2. The van der Waals surface area contributed by atoms with Gasteiger partial charge in [0.2, 0.25) is 0 Å². The van der Waals surface area contributed by atoms with Gasteiger partial charge in [0.05, 0.1) is 11.3 Å². The Morgan fingerprint density at radius 2 is 1.72 bits per heavy atom. The van der Waals surface area contributed by atoms with E-state index in [-0.39, 0.29) is 5.69 Å². The Bertz CT molecular complexity index is 1490. The summed E-state index contributed by atoms with van der Waals surface area (Å²) in [5.74, 6) is 0.879. The van der Waals surface area contributed by atoms with Crippen molar-refractivity contribution in [2.75, 3.05) is 17.7 Å². The zero-order valence-electron chi connectivity index (χ0n) is 21.2. The van der Waals surface area contributed by atoms with Gasteiger partial charge in [-0.3, -0.25) is 9.78 Å². The molecule has 1 aromatic carbocycles. The molecule has 0 spiro atoms. The Kier molecular flexibility index (Phi) is 8.28. The summed E-state index contributed by atoms with van der Waals surface area (Å²) in [6, 6.07) is 12.1. The van der Waals surface area contributed by atoms with Crippen LogP contribution < -0.4 is 10.6 Å². The molecule has 200 valence electrons. The van der Waals surface area contributed by atoms with Gasteiger partial charge < -0.3 is 15.4 Å². The molecule has 4 aromatic rings. The molecule has 0 aliphatic heterocycles. The third-order valence-corrected chi connectivity index (χ3v) is 5.84. The van der Waals surface area contributed by atoms with Crippen molar-refractivity contribution in [3.05, 3.63) is 83.9 Å². The molecule has 0 radical (unpaired) electrons. The van der Waals surface area contributed by atoms with Crippen LogP contribution in [0.5, 0.6) is 0 Å². The van der Waals surface area contributed by atoms with Gasteiger partial charge in [-0.15, -0.1) is 0 Å². The van der Waals surface area contributed by atoms with E-state index in [1.54, 1.807) is 49.8 Å². The zero-order valence-corrected chi connectivity index (χ0v) is 21.2. The number of aromatic nitrogens is 4. The molecule has 1 amide bonds. The van der Waals surface area contributed by atoms with Crippen LogP contribution in [0.1, 0.15) is 34.5 Å². The Morgan fingerprint density at radius 3 is 2.38 bits per heavy atom. The average molecular weight is 535 g/mol. The predicted molar refractivity (Wildman–Crippen MR) is 141 cm³/mol. The molecule has 39 heavy (non-hydrogen) atoms. The molecule has 0 atom stereocenters. The number of anilines is 2. The number of alkyl halides is 3. The molecule has 3 aromatic heterocycles. The van der Waals surface area contributed by atoms with Crippen LogP contribution in [0.25, 0.3) is 22.6 Å². The number of aryl methyl sites for hydroxylation is 1. The van der Waals surface area contributed by atoms with Gasteiger partial charge in [-0.1, -0.05) is 6.07 Å². The molecule has 1 aliphatic rings. The summed E-state index contributed by atoms with van der Waals surface area (Å²) in [6.07, 6.45) is 2.99. The van der Waals surface area contributed by atoms with Gasteiger partial charge in [0.15, 0.2) is 5.82 Å². The number of amides is 1. The first-order valence-corrected chi connectivity index (χ1v) is 12.1. The maximum atomic E-state index is 13.0. The fourth-order valence-corrected chi connectivity index (χ4v) is 3.49. The van der Waals surface area contributed by atoms with E-state index in [1.807, 2.05) is 13.0 Å². The number of aldehydes is 1. The van der Waals surface area contributed by atoms with E-state index in [0.29, 0.717) is 28.9 Å². The highest BCUT2D eigenvalue weighted by Crippen LogP contribution is 2.30. The van der Waals surface area contributed by atoms with Crippen molar-refractivity contribution in [2.45, 2.75) is 25.9 Å². The lowest BCUT2D eigenvalue weighted by Gasteiger charge is -2.12. The SMILES string of the molecule is CNc1cc(-c2nccc(-c3cc(NC(=O)c4cc(C(F)(F)F)ccn4)ccc3C)n2)ccn1.O=CC1CC1. The van der Waals surface area contributed by atoms with E-state index in [2.05, 4.69) is 30.6 Å². The standard InChI is InChI=1S/C24H19F3N6O.C4H6O/c1-14-3-4-17(32-23(34)20-12-16(6-9-29-20)24(25,26)27)13-18(14)19-7-10-31-22(33-19)15-5-8-30-21(11-15)28-2;5-3-4-1-2-4/h3-13H,1-2H3,(H,28,30)(H,32,34);3-4H,1-2H2. The number of hydrogen-bond acceptors (Lipinski definition) is 7. The molecular formula is C28H25F3N6O2. The van der Waals surface area contributed by atoms with Crippen molar-refractivity contribution in [3.63, 3.8) is 0 Å². The largest absolute Gasteiger partial charge is 0.416 e. The van der Waals surface area contributed by atoms with Crippen molar-refractivity contribution >= 4 is 23.7 Å². The number of rotatable bonds is 6. The smallest absolute Gasteiger partial charge is 0.373 e. The molecule has 8 nitrogen and oxygen atoms in total. The predicted octanol–water partition coefficient (Wildman–Crippen LogP) is 5.82. The molecule has 1 aliphatic carbocycles. The second-order valence-electron chi connectivity index (χ2n) is 8.83. The maximum absolute atomic E-state index is 13.0. The lowest BCUT2D eigenvalue weighted by Crippen LogP contribution is -2.15. The summed E-state index contributed by atoms with van der Waals surface area (Å²) in [4.78, 5) is 39.1. The molecule has 3 heterocycles. The zero-order chi connectivity index (χ0) is 28.0. The lowest BCUT2D eigenvalue weighted by molar-refractivity contribution is -0.137. The maximum Gasteiger partial charge on any atom is 0.416 e. The summed E-state index contributed by atoms with van der Waals surface area (Å²) in [6.45, 7) is 1.89. The summed E-state index contributed by atoms with van der Waals surface area (Å²) in [5, 5.41) is 5.58. The van der Waals surface area contributed by atoms with Gasteiger partial charge >= 0.3 is 6.18 Å². The van der Waals surface area contributed by atoms with Crippen molar-refractivity contribution in [2.24, 2.45) is 5.92 Å². The molecule has 1 fully saturated rings. The first kappa shape index (κ1) is 27.4. The van der Waals surface area contributed by atoms with Crippen LogP contribution in [0.4, 0.5) is 24.7 Å². The summed E-state index contributed by atoms with van der Waals surface area (Å²) in [7, 11) is 1.77. The number of benzene rings is 1. The fraction of sp³-hybridized carbons (Fsp3) is 0.214. The normalized spacial score (nSPS) is 12.6. The minimum Gasteiger partial charge on any atom is -0.373 e. The molecule has 0 unspecified atom stereocenters. The number of hydrogen-bond donors (Lipinski definition) is 2. The highest BCUT2D eigenvalue weighted by atomic mass is 19.4. The third kappa shape index (κ3) is 7.22. The van der Waals surface area contributed by atoms with E-state index < -0.39 is 17.6 Å². The number of nitrogens with one attached hydrogen (secondary N) is 2. The Hall–Kier alpha value is -4.67. The van der Waals surface area contributed by atoms with Crippen LogP contribution in [0.3, 0.4) is 0 Å². The van der Waals surface area contributed by atoms with Gasteiger partial charge in [-0.05, 0) is 67.8 Å². The highest BCUT2D eigenvalue weighted by molar-refractivity contribution is 6.03. The van der Waals surface area contributed by atoms with Gasteiger partial charge in [-0.2, -0.15) is 13.2 Å². The van der Waals surface area contributed by atoms with E-state index in [9.17, 15) is 22.8 Å². The number of pyridine rings is 2. The van der Waals surface area contributed by atoms with Gasteiger partial charge in [-0.25, -0.2) is 15.0 Å². The van der Waals surface area contributed by atoms with E-state index >= 15 is 0 Å². The minimum absolute atomic E-state index is 0.334. The summed E-state index contributed by atoms with van der Waals surface area (Å²) < 4.78 is 38.9. The van der Waals surface area contributed by atoms with Crippen LogP contribution in [0.2, 0.25) is 0 Å². The Balaban J connectivity index is 0.000000634. The second kappa shape index (κ2) is 11.8. The van der Waals surface area contributed by atoms with E-state index in [1.165, 1.54) is 0 Å². The van der Waals surface area contributed by atoms with Gasteiger partial charge in [0, 0.05) is 48.4 Å². The second-order valence-corrected chi connectivity index (χ2v) is 8.83. The number of halogens is 3. The topological polar surface area (TPSA) is 110 Å². The fourth-order valence-electron chi connectivity index (χ4n) is 3.49. The Morgan fingerprint density at radius 1 is 0.974 bits per heavy atom. The molecule has 0 saturated heterocycles. The minimum atomic E-state index is -4.57. The highest BCUT2D eigenvalue weighted by Gasteiger charge is 2.31. The van der Waals surface area contributed by atoms with Gasteiger partial charge in [0.25, 0.3) is 5.91 Å². The van der Waals surface area contributed by atoms with Crippen molar-refractivity contribution in [3.8, 4) is 22.6 Å². The molecule has 5 rings (SSSR count). The summed E-state index contributed by atoms with van der Waals surface area (Å²) in [5.41, 5.74) is 2.15. The third-order valence-electron chi connectivity index (χ3n) is 5.84. The summed E-state index contributed by atoms with van der Waals surface area (Å²) >= 11 is 0. The molecule has 1 saturated carbocycles. The van der Waals surface area contributed by atoms with Crippen molar-refractivity contribution < 1.29 is 22.8 Å². The van der Waals surface area contributed by atoms with Gasteiger partial charge in [0.1, 0.15) is 17.8 Å². The molecule has 2 N–H and O–H groups in total. The van der Waals surface area contributed by atoms with Crippen molar-refractivity contribution in [1.29, 1.82) is 0 Å². The van der Waals surface area contributed by atoms with Crippen LogP contribution in [-0.4, -0.2) is 39.2 Å². The molecule has 0 bridgehead atoms. The monoisotopic (exact) mass is 534 g/mol. The number of nitrogens with zero attached hydrogens (tertiary/aromatic N) is 4. The van der Waals surface area contributed by atoms with Crippen LogP contribution in [0, 0.1) is 12.8 Å². The number of carbonyl (C=O) groups excluding carboxylic acids is 2. The Labute approximate surface area is 222 Å². The lowest BCUT2D eigenvalue weighted by atomic mass is 10.0. The van der Waals surface area contributed by atoms with Crippen molar-refractivity contribution in [1.82, 2.24) is 19.9 Å². The van der Waals surface area contributed by atoms with E-state index in [0.717, 1.165) is 54.1 Å². The van der Waals surface area contributed by atoms with Crippen LogP contribution in [0.15, 0.2) is 67.1 Å². The first-order chi connectivity index (χ1) is 18.7. The average Bonchev–Trinajstić information content (AvgIpc) is 3.79. The van der Waals surface area contributed by atoms with Crippen LogP contribution >= 0.6 is 0 Å².